The van der Waals surface area contributed by atoms with E-state index in [1.165, 1.54) is 25.3 Å². The minimum absolute atomic E-state index is 0.148. The molecule has 7 nitrogen and oxygen atoms in total. The molecule has 0 saturated carbocycles. The van der Waals surface area contributed by atoms with E-state index in [0.717, 1.165) is 0 Å². The molecule has 0 aliphatic carbocycles. The number of ether oxygens (including phenoxy) is 1. The van der Waals surface area contributed by atoms with Gasteiger partial charge in [-0.05, 0) is 12.1 Å². The topological polar surface area (TPSA) is 99.9 Å². The molecule has 0 radical (unpaired) electrons. The van der Waals surface area contributed by atoms with Gasteiger partial charge in [0.1, 0.15) is 23.0 Å². The zero-order chi connectivity index (χ0) is 14.5. The van der Waals surface area contributed by atoms with Gasteiger partial charge in [-0.1, -0.05) is 6.07 Å². The Balaban J connectivity index is 2.00. The Bertz CT molecular complexity index is 665. The third kappa shape index (κ3) is 3.02. The number of carbonyl (C=O) groups excluding carboxylic acids is 1. The monoisotopic (exact) mass is 280 g/mol. The molecule has 2 rings (SSSR count). The van der Waals surface area contributed by atoms with E-state index in [4.69, 9.17) is 4.74 Å². The maximum atomic E-state index is 13.6. The summed E-state index contributed by atoms with van der Waals surface area (Å²) in [6.45, 7) is 0.205. The number of aromatic amines is 2. The average Bonchev–Trinajstić information content (AvgIpc) is 2.83. The van der Waals surface area contributed by atoms with Crippen molar-refractivity contribution in [3.05, 3.63) is 45.9 Å². The van der Waals surface area contributed by atoms with Gasteiger partial charge in [-0.2, -0.15) is 5.10 Å². The quantitative estimate of drug-likeness (QED) is 0.729. The molecule has 8 heteroatoms. The lowest BCUT2D eigenvalue weighted by molar-refractivity contribution is 0.0946. The van der Waals surface area contributed by atoms with E-state index < -0.39 is 17.4 Å². The Hall–Kier alpha value is -2.64. The first-order valence-corrected chi connectivity index (χ1v) is 5.86. The number of aromatic nitrogens is 3. The Morgan fingerprint density at radius 1 is 1.50 bits per heavy atom. The molecular weight excluding hydrogens is 267 g/mol. The van der Waals surface area contributed by atoms with Gasteiger partial charge in [0.05, 0.1) is 7.11 Å². The van der Waals surface area contributed by atoms with Crippen molar-refractivity contribution >= 4 is 5.91 Å². The number of halogens is 1. The van der Waals surface area contributed by atoms with Gasteiger partial charge in [-0.15, -0.1) is 0 Å². The van der Waals surface area contributed by atoms with Gasteiger partial charge in [-0.25, -0.2) is 14.3 Å². The summed E-state index contributed by atoms with van der Waals surface area (Å²) in [7, 11) is 1.36. The van der Waals surface area contributed by atoms with Crippen molar-refractivity contribution in [2.75, 3.05) is 13.7 Å². The molecule has 0 fully saturated rings. The lowest BCUT2D eigenvalue weighted by Gasteiger charge is -2.09. The predicted molar refractivity (Wildman–Crippen MR) is 68.2 cm³/mol. The summed E-state index contributed by atoms with van der Waals surface area (Å²) in [6.07, 6.45) is 0.321. The highest BCUT2D eigenvalue weighted by atomic mass is 19.1. The van der Waals surface area contributed by atoms with Crippen molar-refractivity contribution in [3.63, 3.8) is 0 Å². The molecule has 0 aliphatic heterocycles. The number of carbonyl (C=O) groups is 1. The Labute approximate surface area is 113 Å². The van der Waals surface area contributed by atoms with Gasteiger partial charge in [0.25, 0.3) is 5.91 Å². The Morgan fingerprint density at radius 3 is 2.95 bits per heavy atom. The van der Waals surface area contributed by atoms with Crippen LogP contribution in [0.5, 0.6) is 5.75 Å². The highest BCUT2D eigenvalue weighted by Crippen LogP contribution is 2.20. The van der Waals surface area contributed by atoms with Crippen LogP contribution in [0.4, 0.5) is 4.39 Å². The summed E-state index contributed by atoms with van der Waals surface area (Å²) < 4.78 is 18.6. The summed E-state index contributed by atoms with van der Waals surface area (Å²) in [6, 6.07) is 4.14. The van der Waals surface area contributed by atoms with Gasteiger partial charge in [0.15, 0.2) is 0 Å². The van der Waals surface area contributed by atoms with Crippen LogP contribution in [-0.4, -0.2) is 34.7 Å². The number of rotatable bonds is 5. The maximum Gasteiger partial charge on any atom is 0.340 e. The molecule has 0 bridgehead atoms. The van der Waals surface area contributed by atoms with Crippen LogP contribution in [0.3, 0.4) is 0 Å². The minimum atomic E-state index is -0.657. The van der Waals surface area contributed by atoms with Crippen LogP contribution in [0.15, 0.2) is 23.0 Å². The summed E-state index contributed by atoms with van der Waals surface area (Å²) in [5.74, 6) is -0.667. The first-order chi connectivity index (χ1) is 9.61. The molecule has 2 aromatic rings. The summed E-state index contributed by atoms with van der Waals surface area (Å²) in [5, 5.41) is 8.44. The van der Waals surface area contributed by atoms with E-state index in [-0.39, 0.29) is 17.9 Å². The molecule has 0 spiro atoms. The number of nitrogens with zero attached hydrogens (tertiary/aromatic N) is 1. The lowest BCUT2D eigenvalue weighted by atomic mass is 10.1. The van der Waals surface area contributed by atoms with Crippen LogP contribution in [0.2, 0.25) is 0 Å². The smallest absolute Gasteiger partial charge is 0.340 e. The van der Waals surface area contributed by atoms with Gasteiger partial charge < -0.3 is 10.1 Å². The van der Waals surface area contributed by atoms with Crippen LogP contribution in [0.25, 0.3) is 0 Å². The highest BCUT2D eigenvalue weighted by molar-refractivity contribution is 5.97. The number of H-pyrrole nitrogens is 2. The number of benzene rings is 1. The summed E-state index contributed by atoms with van der Waals surface area (Å²) in [4.78, 5) is 25.2. The van der Waals surface area contributed by atoms with Crippen LogP contribution in [0, 0.1) is 5.82 Å². The van der Waals surface area contributed by atoms with Crippen molar-refractivity contribution in [3.8, 4) is 5.75 Å². The second-order valence-electron chi connectivity index (χ2n) is 3.95. The SMILES string of the molecule is COc1cccc(F)c1C(=O)NCCc1n[nH]c(=O)[nH]1. The van der Waals surface area contributed by atoms with Gasteiger partial charge in [-0.3, -0.25) is 9.78 Å². The van der Waals surface area contributed by atoms with Gasteiger partial charge in [0, 0.05) is 13.0 Å². The summed E-state index contributed by atoms with van der Waals surface area (Å²) >= 11 is 0. The van der Waals surface area contributed by atoms with E-state index in [1.807, 2.05) is 0 Å². The third-order valence-corrected chi connectivity index (χ3v) is 2.62. The molecule has 1 heterocycles. The van der Waals surface area contributed by atoms with E-state index in [9.17, 15) is 14.0 Å². The van der Waals surface area contributed by atoms with Crippen LogP contribution >= 0.6 is 0 Å². The largest absolute Gasteiger partial charge is 0.496 e. The molecule has 1 aromatic heterocycles. The normalized spacial score (nSPS) is 10.3. The number of hydrogen-bond acceptors (Lipinski definition) is 4. The fourth-order valence-corrected chi connectivity index (χ4v) is 1.70. The fraction of sp³-hybridized carbons (Fsp3) is 0.250. The van der Waals surface area contributed by atoms with E-state index >= 15 is 0 Å². The molecule has 106 valence electrons. The first-order valence-electron chi connectivity index (χ1n) is 5.86. The van der Waals surface area contributed by atoms with Crippen molar-refractivity contribution in [1.82, 2.24) is 20.5 Å². The molecular formula is C12H13FN4O3. The van der Waals surface area contributed by atoms with E-state index in [2.05, 4.69) is 20.5 Å². The zero-order valence-electron chi connectivity index (χ0n) is 10.7. The van der Waals surface area contributed by atoms with Crippen LogP contribution in [0.1, 0.15) is 16.2 Å². The molecule has 0 saturated heterocycles. The Morgan fingerprint density at radius 2 is 2.30 bits per heavy atom. The first kappa shape index (κ1) is 13.8. The van der Waals surface area contributed by atoms with Gasteiger partial charge in [0.2, 0.25) is 0 Å². The van der Waals surface area contributed by atoms with E-state index in [0.29, 0.717) is 12.2 Å². The average molecular weight is 280 g/mol. The Kier molecular flexibility index (Phi) is 4.14. The number of methoxy groups -OCH3 is 1. The van der Waals surface area contributed by atoms with Crippen molar-refractivity contribution in [1.29, 1.82) is 0 Å². The van der Waals surface area contributed by atoms with Crippen molar-refractivity contribution < 1.29 is 13.9 Å². The lowest BCUT2D eigenvalue weighted by Crippen LogP contribution is -2.27. The van der Waals surface area contributed by atoms with Gasteiger partial charge >= 0.3 is 5.69 Å². The molecule has 0 atom stereocenters. The number of nitrogens with one attached hydrogen (secondary N) is 3. The highest BCUT2D eigenvalue weighted by Gasteiger charge is 2.17. The van der Waals surface area contributed by atoms with Crippen molar-refractivity contribution in [2.24, 2.45) is 0 Å². The standard InChI is InChI=1S/C12H13FN4O3/c1-20-8-4-2-3-7(13)10(8)11(18)14-6-5-9-15-12(19)17-16-9/h2-4H,5-6H2,1H3,(H,14,18)(H2,15,16,17,19). The number of amides is 1. The predicted octanol–water partition coefficient (Wildman–Crippen LogP) is 0.218. The molecule has 3 N–H and O–H groups in total. The third-order valence-electron chi connectivity index (χ3n) is 2.62. The van der Waals surface area contributed by atoms with Crippen LogP contribution in [-0.2, 0) is 6.42 Å². The molecule has 1 amide bonds. The molecule has 20 heavy (non-hydrogen) atoms. The van der Waals surface area contributed by atoms with Crippen LogP contribution < -0.4 is 15.7 Å². The fourth-order valence-electron chi connectivity index (χ4n) is 1.70. The second kappa shape index (κ2) is 6.00. The van der Waals surface area contributed by atoms with E-state index in [1.54, 1.807) is 0 Å². The molecule has 0 unspecified atom stereocenters. The van der Waals surface area contributed by atoms with Crippen molar-refractivity contribution in [2.45, 2.75) is 6.42 Å². The minimum Gasteiger partial charge on any atom is -0.496 e. The zero-order valence-corrected chi connectivity index (χ0v) is 10.7. The second-order valence-corrected chi connectivity index (χ2v) is 3.95. The number of hydrogen-bond donors (Lipinski definition) is 3. The summed E-state index contributed by atoms with van der Waals surface area (Å²) in [5.41, 5.74) is -0.562. The maximum absolute atomic E-state index is 13.6. The molecule has 0 aliphatic rings. The molecule has 1 aromatic carbocycles.